The summed E-state index contributed by atoms with van der Waals surface area (Å²) >= 11 is 0. The SMILES string of the molecule is Nc1nc(N)c2c(n1)CC1CC(=O)CC2C1. The standard InChI is InChI=1S/C11H14N4O/c12-10-9-6-1-5(2-7(16)4-6)3-8(9)14-11(13)15-10/h5-6H,1-4H2,(H4,12,13,14,15). The molecule has 5 heteroatoms. The van der Waals surface area contributed by atoms with Crippen molar-refractivity contribution in [1.82, 2.24) is 9.97 Å². The largest absolute Gasteiger partial charge is 0.383 e. The Morgan fingerprint density at radius 2 is 1.94 bits per heavy atom. The number of carbonyl (C=O) groups is 1. The Balaban J connectivity index is 2.12. The van der Waals surface area contributed by atoms with Crippen molar-refractivity contribution in [3.05, 3.63) is 11.3 Å². The summed E-state index contributed by atoms with van der Waals surface area (Å²) in [6.45, 7) is 0. The summed E-state index contributed by atoms with van der Waals surface area (Å²) in [4.78, 5) is 19.8. The van der Waals surface area contributed by atoms with Crippen molar-refractivity contribution in [2.45, 2.75) is 31.6 Å². The molecule has 84 valence electrons. The van der Waals surface area contributed by atoms with E-state index in [-0.39, 0.29) is 11.9 Å². The van der Waals surface area contributed by atoms with Crippen LogP contribution in [0.15, 0.2) is 0 Å². The predicted octanol–water partition coefficient (Wildman–Crippen LogP) is 0.650. The summed E-state index contributed by atoms with van der Waals surface area (Å²) in [7, 11) is 0. The Morgan fingerprint density at radius 3 is 2.75 bits per heavy atom. The van der Waals surface area contributed by atoms with Gasteiger partial charge in [0.2, 0.25) is 5.95 Å². The predicted molar refractivity (Wildman–Crippen MR) is 59.6 cm³/mol. The number of nitrogens with two attached hydrogens (primary N) is 2. The highest BCUT2D eigenvalue weighted by molar-refractivity contribution is 5.81. The zero-order chi connectivity index (χ0) is 11.3. The van der Waals surface area contributed by atoms with Crippen molar-refractivity contribution in [3.8, 4) is 0 Å². The Bertz CT molecular complexity index is 471. The van der Waals surface area contributed by atoms with Gasteiger partial charge in [0.25, 0.3) is 0 Å². The third kappa shape index (κ3) is 1.35. The summed E-state index contributed by atoms with van der Waals surface area (Å²) in [6, 6.07) is 0. The number of aromatic nitrogens is 2. The molecule has 2 aliphatic carbocycles. The zero-order valence-corrected chi connectivity index (χ0v) is 8.94. The molecule has 2 unspecified atom stereocenters. The molecule has 1 aromatic heterocycles. The molecule has 0 aliphatic heterocycles. The van der Waals surface area contributed by atoms with Crippen LogP contribution in [0.2, 0.25) is 0 Å². The van der Waals surface area contributed by atoms with E-state index in [2.05, 4.69) is 9.97 Å². The molecule has 5 nitrogen and oxygen atoms in total. The average Bonchev–Trinajstić information content (AvgIpc) is 2.13. The molecule has 16 heavy (non-hydrogen) atoms. The molecule has 2 bridgehead atoms. The van der Waals surface area contributed by atoms with Crippen LogP contribution >= 0.6 is 0 Å². The third-order valence-electron chi connectivity index (χ3n) is 3.57. The molecule has 1 heterocycles. The van der Waals surface area contributed by atoms with E-state index >= 15 is 0 Å². The number of hydrogen-bond donors (Lipinski definition) is 2. The first-order valence-corrected chi connectivity index (χ1v) is 5.57. The number of rotatable bonds is 0. The molecule has 2 atom stereocenters. The van der Waals surface area contributed by atoms with E-state index in [0.29, 0.717) is 30.4 Å². The number of nitrogen functional groups attached to an aromatic ring is 2. The van der Waals surface area contributed by atoms with Crippen LogP contribution in [0.3, 0.4) is 0 Å². The van der Waals surface area contributed by atoms with E-state index in [9.17, 15) is 4.79 Å². The lowest BCUT2D eigenvalue weighted by Gasteiger charge is -2.34. The molecule has 3 rings (SSSR count). The molecule has 1 fully saturated rings. The van der Waals surface area contributed by atoms with Crippen LogP contribution in [0.1, 0.15) is 36.4 Å². The summed E-state index contributed by atoms with van der Waals surface area (Å²) in [5.74, 6) is 1.68. The van der Waals surface area contributed by atoms with Crippen molar-refractivity contribution >= 4 is 17.5 Å². The topological polar surface area (TPSA) is 94.9 Å². The molecule has 4 N–H and O–H groups in total. The highest BCUT2D eigenvalue weighted by Crippen LogP contribution is 2.43. The lowest BCUT2D eigenvalue weighted by Crippen LogP contribution is -2.30. The molecule has 0 saturated heterocycles. The quantitative estimate of drug-likeness (QED) is 0.666. The van der Waals surface area contributed by atoms with Crippen LogP contribution in [0.5, 0.6) is 0 Å². The van der Waals surface area contributed by atoms with E-state index in [4.69, 9.17) is 11.5 Å². The third-order valence-corrected chi connectivity index (χ3v) is 3.57. The number of carbonyl (C=O) groups excluding carboxylic acids is 1. The number of fused-ring (bicyclic) bond motifs is 4. The van der Waals surface area contributed by atoms with E-state index in [1.807, 2.05) is 0 Å². The van der Waals surface area contributed by atoms with Crippen LogP contribution in [0.25, 0.3) is 0 Å². The van der Waals surface area contributed by atoms with E-state index in [1.54, 1.807) is 0 Å². The first-order valence-electron chi connectivity index (χ1n) is 5.57. The minimum Gasteiger partial charge on any atom is -0.383 e. The molecular weight excluding hydrogens is 204 g/mol. The molecule has 0 spiro atoms. The normalized spacial score (nSPS) is 27.6. The average molecular weight is 218 g/mol. The minimum absolute atomic E-state index is 0.218. The number of anilines is 2. The molecule has 1 aromatic rings. The van der Waals surface area contributed by atoms with Crippen LogP contribution in [0.4, 0.5) is 11.8 Å². The van der Waals surface area contributed by atoms with Gasteiger partial charge < -0.3 is 11.5 Å². The van der Waals surface area contributed by atoms with Gasteiger partial charge in [0.1, 0.15) is 11.6 Å². The van der Waals surface area contributed by atoms with Crippen LogP contribution in [-0.4, -0.2) is 15.8 Å². The van der Waals surface area contributed by atoms with Gasteiger partial charge >= 0.3 is 0 Å². The fraction of sp³-hybridized carbons (Fsp3) is 0.545. The van der Waals surface area contributed by atoms with Gasteiger partial charge in [-0.25, -0.2) is 4.98 Å². The van der Waals surface area contributed by atoms with E-state index in [1.165, 1.54) is 0 Å². The lowest BCUT2D eigenvalue weighted by molar-refractivity contribution is -0.122. The fourth-order valence-electron chi connectivity index (χ4n) is 3.05. The van der Waals surface area contributed by atoms with Gasteiger partial charge in [-0.15, -0.1) is 0 Å². The minimum atomic E-state index is 0.218. The van der Waals surface area contributed by atoms with Crippen molar-refractivity contribution in [3.63, 3.8) is 0 Å². The van der Waals surface area contributed by atoms with Gasteiger partial charge in [0, 0.05) is 18.4 Å². The van der Waals surface area contributed by atoms with Gasteiger partial charge in [-0.3, -0.25) is 4.79 Å². The van der Waals surface area contributed by atoms with Gasteiger partial charge in [-0.05, 0) is 24.7 Å². The second-order valence-electron chi connectivity index (χ2n) is 4.78. The molecule has 0 radical (unpaired) electrons. The van der Waals surface area contributed by atoms with Gasteiger partial charge in [-0.1, -0.05) is 0 Å². The van der Waals surface area contributed by atoms with Gasteiger partial charge in [-0.2, -0.15) is 4.98 Å². The van der Waals surface area contributed by atoms with Crippen molar-refractivity contribution in [2.24, 2.45) is 5.92 Å². The Labute approximate surface area is 93.3 Å². The molecule has 0 amide bonds. The van der Waals surface area contributed by atoms with E-state index < -0.39 is 0 Å². The summed E-state index contributed by atoms with van der Waals surface area (Å²) in [5, 5.41) is 0. The van der Waals surface area contributed by atoms with Gasteiger partial charge in [0.15, 0.2) is 0 Å². The molecular formula is C11H14N4O. The van der Waals surface area contributed by atoms with Crippen molar-refractivity contribution in [1.29, 1.82) is 0 Å². The van der Waals surface area contributed by atoms with Crippen molar-refractivity contribution in [2.75, 3.05) is 11.5 Å². The maximum atomic E-state index is 11.6. The van der Waals surface area contributed by atoms with Crippen LogP contribution in [-0.2, 0) is 11.2 Å². The number of Topliss-reactive ketones (excluding diaryl/α,β-unsaturated/α-hetero) is 1. The number of ketones is 1. The highest BCUT2D eigenvalue weighted by Gasteiger charge is 2.36. The second-order valence-corrected chi connectivity index (χ2v) is 4.78. The summed E-state index contributed by atoms with van der Waals surface area (Å²) in [5.41, 5.74) is 13.4. The molecule has 1 saturated carbocycles. The smallest absolute Gasteiger partial charge is 0.222 e. The van der Waals surface area contributed by atoms with Gasteiger partial charge in [0.05, 0.1) is 5.69 Å². The highest BCUT2D eigenvalue weighted by atomic mass is 16.1. The zero-order valence-electron chi connectivity index (χ0n) is 8.94. The molecule has 2 aliphatic rings. The first-order chi connectivity index (χ1) is 7.63. The fourth-order valence-corrected chi connectivity index (χ4v) is 3.05. The summed E-state index contributed by atoms with van der Waals surface area (Å²) < 4.78 is 0. The molecule has 0 aromatic carbocycles. The number of nitrogens with zero attached hydrogens (tertiary/aromatic N) is 2. The number of hydrogen-bond acceptors (Lipinski definition) is 5. The Hall–Kier alpha value is -1.65. The first kappa shape index (κ1) is 9.57. The second kappa shape index (κ2) is 3.17. The lowest BCUT2D eigenvalue weighted by atomic mass is 9.70. The monoisotopic (exact) mass is 218 g/mol. The Kier molecular flexibility index (Phi) is 1.89. The maximum absolute atomic E-state index is 11.6. The van der Waals surface area contributed by atoms with Crippen molar-refractivity contribution < 1.29 is 4.79 Å². The Morgan fingerprint density at radius 1 is 1.12 bits per heavy atom. The maximum Gasteiger partial charge on any atom is 0.222 e. The van der Waals surface area contributed by atoms with Crippen LogP contribution < -0.4 is 11.5 Å². The summed E-state index contributed by atoms with van der Waals surface area (Å²) in [6.07, 6.45) is 3.12. The van der Waals surface area contributed by atoms with Crippen LogP contribution in [0, 0.1) is 5.92 Å². The van der Waals surface area contributed by atoms with E-state index in [0.717, 1.165) is 24.1 Å².